The Bertz CT molecular complexity index is 1400. The second-order valence-corrected chi connectivity index (χ2v) is 17.6. The zero-order valence-electron chi connectivity index (χ0n) is 34.6. The molecule has 17 heteroatoms. The number of carbonyl (C=O) groups is 1. The van der Waals surface area contributed by atoms with Crippen molar-refractivity contribution in [1.82, 2.24) is 0 Å². The van der Waals surface area contributed by atoms with Crippen molar-refractivity contribution in [2.75, 3.05) is 105 Å². The largest absolute Gasteiger partial charge is 0.453 e. The number of fused-ring (bicyclic) bond motifs is 5. The lowest BCUT2D eigenvalue weighted by Gasteiger charge is -2.53. The fourth-order valence-electron chi connectivity index (χ4n) is 8.97. The fourth-order valence-corrected chi connectivity index (χ4v) is 10.1. The molecule has 0 amide bonds. The van der Waals surface area contributed by atoms with E-state index >= 15 is 0 Å². The minimum Gasteiger partial charge on any atom is -0.426 e. The number of hydrogen-bond donors (Lipinski definition) is 1. The number of ether oxygens (including phenoxy) is 8. The van der Waals surface area contributed by atoms with Crippen molar-refractivity contribution in [2.24, 2.45) is 23.2 Å². The van der Waals surface area contributed by atoms with Gasteiger partial charge in [0.15, 0.2) is 0 Å². The molecule has 2 fully saturated rings. The molecule has 1 aromatic rings. The maximum atomic E-state index is 13.3. The van der Waals surface area contributed by atoms with Gasteiger partial charge in [-0.25, -0.2) is 0 Å². The third kappa shape index (κ3) is 15.8. The molecule has 1 N–H and O–H groups in total. The Balaban J connectivity index is 1.13. The Hall–Kier alpha value is -1.83. The van der Waals surface area contributed by atoms with Crippen molar-refractivity contribution in [2.45, 2.75) is 95.3 Å². The molecule has 3 aliphatic carbocycles. The zero-order valence-corrected chi connectivity index (χ0v) is 35.4. The number of halogens is 5. The van der Waals surface area contributed by atoms with Crippen LogP contribution in [-0.2, 0) is 55.2 Å². The summed E-state index contributed by atoms with van der Waals surface area (Å²) in [4.78, 5) is 12.7. The molecule has 0 bridgehead atoms. The van der Waals surface area contributed by atoms with Gasteiger partial charge in [0.2, 0.25) is 0 Å². The van der Waals surface area contributed by atoms with Gasteiger partial charge in [-0.05, 0) is 104 Å². The van der Waals surface area contributed by atoms with E-state index in [1.54, 1.807) is 7.11 Å². The van der Waals surface area contributed by atoms with E-state index in [2.05, 4.69) is 13.0 Å². The molecule has 0 aromatic heterocycles. The molecule has 2 saturated carbocycles. The highest BCUT2D eigenvalue weighted by Gasteiger charge is 2.57. The Kier molecular flexibility index (Phi) is 21.4. The lowest BCUT2D eigenvalue weighted by molar-refractivity contribution is -0.284. The van der Waals surface area contributed by atoms with E-state index in [0.717, 1.165) is 31.2 Å². The zero-order chi connectivity index (χ0) is 42.7. The van der Waals surface area contributed by atoms with Crippen molar-refractivity contribution >= 4 is 16.8 Å². The van der Waals surface area contributed by atoms with Gasteiger partial charge in [-0.2, -0.15) is 22.0 Å². The number of rotatable bonds is 30. The number of esters is 1. The normalized spacial score (nSPS) is 24.7. The maximum absolute atomic E-state index is 13.3. The average molecular weight is 873 g/mol. The van der Waals surface area contributed by atoms with Crippen LogP contribution in [-0.4, -0.2) is 138 Å². The molecule has 4 rings (SSSR count). The Morgan fingerprint density at radius 3 is 1.93 bits per heavy atom. The van der Waals surface area contributed by atoms with Crippen LogP contribution in [0, 0.1) is 23.2 Å². The molecular formula is C42H65F5O11S. The minimum absolute atomic E-state index is 0.0638. The van der Waals surface area contributed by atoms with Crippen LogP contribution in [0.3, 0.4) is 0 Å². The van der Waals surface area contributed by atoms with Gasteiger partial charge >= 0.3 is 18.1 Å². The lowest BCUT2D eigenvalue weighted by atomic mass is 9.52. The van der Waals surface area contributed by atoms with Crippen LogP contribution in [0.15, 0.2) is 18.2 Å². The lowest BCUT2D eigenvalue weighted by Crippen LogP contribution is -2.47. The Labute approximate surface area is 348 Å². The SMILES string of the molecule is COCCOCCOCCOCCOCCOCCOCCC(=O)Oc1ccc2c(c1)C[C@@H](CCCS(=O)CCCC(F)(F)C(F)(F)F)[C@@H]1[C@@H]2CC[C@]2(C)[C@@H](O)CC[C@@H]12. The van der Waals surface area contributed by atoms with Crippen LogP contribution in [0.25, 0.3) is 0 Å². The highest BCUT2D eigenvalue weighted by atomic mass is 32.2. The van der Waals surface area contributed by atoms with Crippen molar-refractivity contribution in [3.63, 3.8) is 0 Å². The van der Waals surface area contributed by atoms with E-state index in [1.807, 2.05) is 12.1 Å². The van der Waals surface area contributed by atoms with Gasteiger partial charge in [0, 0.05) is 35.8 Å². The van der Waals surface area contributed by atoms with Gasteiger partial charge in [0.05, 0.1) is 98.4 Å². The van der Waals surface area contributed by atoms with Gasteiger partial charge in [0.25, 0.3) is 0 Å². The van der Waals surface area contributed by atoms with E-state index in [4.69, 9.17) is 37.9 Å². The van der Waals surface area contributed by atoms with E-state index in [1.165, 1.54) is 5.56 Å². The summed E-state index contributed by atoms with van der Waals surface area (Å²) in [5, 5.41) is 11.0. The topological polar surface area (TPSA) is 128 Å². The second-order valence-electron chi connectivity index (χ2n) is 15.9. The molecule has 0 aliphatic heterocycles. The number of methoxy groups -OCH3 is 1. The Morgan fingerprint density at radius 2 is 1.36 bits per heavy atom. The first kappa shape index (κ1) is 49.8. The number of benzene rings is 1. The summed E-state index contributed by atoms with van der Waals surface area (Å²) in [6, 6.07) is 5.81. The van der Waals surface area contributed by atoms with Crippen molar-refractivity contribution < 1.29 is 74.0 Å². The third-order valence-corrected chi connectivity index (χ3v) is 13.5. The summed E-state index contributed by atoms with van der Waals surface area (Å²) >= 11 is 0. The van der Waals surface area contributed by atoms with Crippen LogP contribution < -0.4 is 4.74 Å². The van der Waals surface area contributed by atoms with Crippen LogP contribution >= 0.6 is 0 Å². The minimum atomic E-state index is -5.61. The van der Waals surface area contributed by atoms with Crippen molar-refractivity contribution in [3.8, 4) is 5.75 Å². The van der Waals surface area contributed by atoms with E-state index in [9.17, 15) is 36.1 Å². The van der Waals surface area contributed by atoms with Gasteiger partial charge in [-0.3, -0.25) is 9.00 Å². The smallest absolute Gasteiger partial charge is 0.426 e. The molecule has 59 heavy (non-hydrogen) atoms. The monoisotopic (exact) mass is 872 g/mol. The summed E-state index contributed by atoms with van der Waals surface area (Å²) < 4.78 is 120. The van der Waals surface area contributed by atoms with Crippen molar-refractivity contribution in [1.29, 1.82) is 0 Å². The number of carbonyl (C=O) groups excluding carboxylic acids is 1. The molecule has 11 nitrogen and oxygen atoms in total. The third-order valence-electron chi connectivity index (χ3n) is 12.0. The molecule has 0 spiro atoms. The molecule has 1 aromatic carbocycles. The highest BCUT2D eigenvalue weighted by Crippen LogP contribution is 2.62. The molecule has 1 unspecified atom stereocenters. The molecule has 3 aliphatic rings. The van der Waals surface area contributed by atoms with E-state index in [-0.39, 0.29) is 47.9 Å². The summed E-state index contributed by atoms with van der Waals surface area (Å²) in [6.45, 7) is 7.83. The molecule has 7 atom stereocenters. The van der Waals surface area contributed by atoms with Gasteiger partial charge in [-0.1, -0.05) is 13.0 Å². The summed E-state index contributed by atoms with van der Waals surface area (Å²) in [5.41, 5.74) is 2.13. The fraction of sp³-hybridized carbons (Fsp3) is 0.833. The summed E-state index contributed by atoms with van der Waals surface area (Å²) in [7, 11) is 0.112. The van der Waals surface area contributed by atoms with Gasteiger partial charge in [-0.15, -0.1) is 0 Å². The Morgan fingerprint density at radius 1 is 0.797 bits per heavy atom. The van der Waals surface area contributed by atoms with Crippen LogP contribution in [0.2, 0.25) is 0 Å². The predicted octanol–water partition coefficient (Wildman–Crippen LogP) is 6.68. The van der Waals surface area contributed by atoms with Crippen LogP contribution in [0.1, 0.15) is 81.8 Å². The number of hydrogen-bond acceptors (Lipinski definition) is 11. The molecule has 0 radical (unpaired) electrons. The van der Waals surface area contributed by atoms with Gasteiger partial charge in [0.1, 0.15) is 5.75 Å². The average Bonchev–Trinajstić information content (AvgIpc) is 3.49. The molecular weight excluding hydrogens is 808 g/mol. The first-order chi connectivity index (χ1) is 28.3. The predicted molar refractivity (Wildman–Crippen MR) is 210 cm³/mol. The van der Waals surface area contributed by atoms with Crippen LogP contribution in [0.4, 0.5) is 22.0 Å². The molecule has 0 saturated heterocycles. The standard InChI is InChI=1S/C42H65F5O11S/c1-40-13-10-35-34-7-6-33(58-38(49)11-14-52-17-18-54-21-22-56-25-26-57-24-23-55-20-19-53-16-15-51-2)30-32(34)29-31(39(35)36(40)8-9-37(40)48)5-3-27-59(50)28-4-12-41(43,44)42(45,46)47/h6-7,30-31,35-37,39,48H,3-5,8-29H2,1-2H3/t31-,35-,36+,37+,39-,40+,59?/m1/s1. The second kappa shape index (κ2) is 25.3. The van der Waals surface area contributed by atoms with Gasteiger partial charge < -0.3 is 43.0 Å². The van der Waals surface area contributed by atoms with E-state index in [0.29, 0.717) is 116 Å². The number of alkyl halides is 5. The maximum Gasteiger partial charge on any atom is 0.453 e. The molecule has 0 heterocycles. The summed E-state index contributed by atoms with van der Waals surface area (Å²) in [5.74, 6) is -3.70. The number of aliphatic hydroxyl groups excluding tert-OH is 1. The molecule has 340 valence electrons. The van der Waals surface area contributed by atoms with Crippen molar-refractivity contribution in [3.05, 3.63) is 29.3 Å². The first-order valence-electron chi connectivity index (χ1n) is 21.0. The first-order valence-corrected chi connectivity index (χ1v) is 22.5. The quantitative estimate of drug-likeness (QED) is 0.0385. The van der Waals surface area contributed by atoms with Crippen LogP contribution in [0.5, 0.6) is 5.75 Å². The summed E-state index contributed by atoms with van der Waals surface area (Å²) in [6.07, 6.45) is -2.32. The highest BCUT2D eigenvalue weighted by molar-refractivity contribution is 7.84. The van der Waals surface area contributed by atoms with E-state index < -0.39 is 41.7 Å². The number of aliphatic hydroxyl groups is 1.